The average Bonchev–Trinajstić information content (AvgIpc) is 2.47. The van der Waals surface area contributed by atoms with Crippen LogP contribution in [0.15, 0.2) is 24.5 Å². The molecule has 2 aliphatic rings. The van der Waals surface area contributed by atoms with Gasteiger partial charge in [0.25, 0.3) is 5.91 Å². The highest BCUT2D eigenvalue weighted by molar-refractivity contribution is 5.94. The average molecular weight is 259 g/mol. The van der Waals surface area contributed by atoms with Crippen LogP contribution in [0, 0.1) is 0 Å². The number of carbonyl (C=O) groups is 1. The Balaban J connectivity index is 1.75. The fourth-order valence-corrected chi connectivity index (χ4v) is 3.29. The van der Waals surface area contributed by atoms with Gasteiger partial charge in [0, 0.05) is 37.6 Å². The summed E-state index contributed by atoms with van der Waals surface area (Å²) in [4.78, 5) is 21.2. The highest BCUT2D eigenvalue weighted by Gasteiger charge is 2.35. The molecule has 3 heterocycles. The lowest BCUT2D eigenvalue weighted by molar-refractivity contribution is 0.0151. The first kappa shape index (κ1) is 12.6. The normalized spacial score (nSPS) is 27.9. The van der Waals surface area contributed by atoms with Gasteiger partial charge in [0.1, 0.15) is 0 Å². The van der Waals surface area contributed by atoms with Gasteiger partial charge in [0.15, 0.2) is 0 Å². The largest absolute Gasteiger partial charge is 0.333 e. The minimum Gasteiger partial charge on any atom is -0.333 e. The maximum absolute atomic E-state index is 12.6. The number of nitrogens with zero attached hydrogens (tertiary/aromatic N) is 3. The lowest BCUT2D eigenvalue weighted by Gasteiger charge is -2.47. The van der Waals surface area contributed by atoms with Crippen molar-refractivity contribution in [3.05, 3.63) is 30.1 Å². The lowest BCUT2D eigenvalue weighted by Crippen LogP contribution is -2.60. The Kier molecular flexibility index (Phi) is 3.51. The van der Waals surface area contributed by atoms with Crippen LogP contribution in [0.1, 0.15) is 36.5 Å². The van der Waals surface area contributed by atoms with Gasteiger partial charge >= 0.3 is 0 Å². The fourth-order valence-electron chi connectivity index (χ4n) is 3.29. The second-order valence-corrected chi connectivity index (χ2v) is 5.69. The predicted octanol–water partition coefficient (Wildman–Crippen LogP) is 1.78. The smallest absolute Gasteiger partial charge is 0.255 e. The van der Waals surface area contributed by atoms with Gasteiger partial charge in [-0.1, -0.05) is 6.42 Å². The van der Waals surface area contributed by atoms with Crippen molar-refractivity contribution in [3.8, 4) is 0 Å². The highest BCUT2D eigenvalue weighted by Crippen LogP contribution is 2.25. The van der Waals surface area contributed by atoms with Crippen molar-refractivity contribution >= 4 is 5.91 Å². The van der Waals surface area contributed by atoms with Gasteiger partial charge < -0.3 is 4.90 Å². The third kappa shape index (κ3) is 2.50. The van der Waals surface area contributed by atoms with Crippen molar-refractivity contribution in [3.63, 3.8) is 0 Å². The highest BCUT2D eigenvalue weighted by atomic mass is 16.2. The van der Waals surface area contributed by atoms with Crippen LogP contribution in [0.4, 0.5) is 0 Å². The van der Waals surface area contributed by atoms with E-state index in [4.69, 9.17) is 0 Å². The summed E-state index contributed by atoms with van der Waals surface area (Å²) in [5.74, 6) is 0.130. The van der Waals surface area contributed by atoms with E-state index in [1.165, 1.54) is 25.8 Å². The molecule has 0 radical (unpaired) electrons. The molecule has 4 nitrogen and oxygen atoms in total. The first-order valence-corrected chi connectivity index (χ1v) is 7.21. The summed E-state index contributed by atoms with van der Waals surface area (Å²) in [7, 11) is 0. The summed E-state index contributed by atoms with van der Waals surface area (Å²) in [5.41, 5.74) is 0.707. The van der Waals surface area contributed by atoms with Crippen molar-refractivity contribution in [2.24, 2.45) is 0 Å². The maximum atomic E-state index is 12.6. The maximum Gasteiger partial charge on any atom is 0.255 e. The van der Waals surface area contributed by atoms with E-state index < -0.39 is 0 Å². The van der Waals surface area contributed by atoms with Crippen LogP contribution in [0.5, 0.6) is 0 Å². The van der Waals surface area contributed by atoms with Crippen molar-refractivity contribution in [1.82, 2.24) is 14.8 Å². The zero-order valence-corrected chi connectivity index (χ0v) is 11.5. The number of aromatic nitrogens is 1. The third-order valence-electron chi connectivity index (χ3n) is 4.36. The van der Waals surface area contributed by atoms with E-state index in [1.54, 1.807) is 12.4 Å². The van der Waals surface area contributed by atoms with Crippen molar-refractivity contribution in [2.45, 2.75) is 38.3 Å². The molecule has 2 saturated heterocycles. The SMILES string of the molecule is CC1CN2CCCCC2CN1C(=O)c1cccnc1. The predicted molar refractivity (Wildman–Crippen MR) is 73.9 cm³/mol. The van der Waals surface area contributed by atoms with Crippen molar-refractivity contribution in [2.75, 3.05) is 19.6 Å². The summed E-state index contributed by atoms with van der Waals surface area (Å²) in [6, 6.07) is 4.54. The number of hydrogen-bond donors (Lipinski definition) is 0. The van der Waals surface area contributed by atoms with Crippen molar-refractivity contribution < 1.29 is 4.79 Å². The van der Waals surface area contributed by atoms with E-state index in [0.29, 0.717) is 17.6 Å². The molecular formula is C15H21N3O. The molecule has 1 aromatic heterocycles. The first-order valence-electron chi connectivity index (χ1n) is 7.21. The van der Waals surface area contributed by atoms with Crippen LogP contribution < -0.4 is 0 Å². The summed E-state index contributed by atoms with van der Waals surface area (Å²) in [5, 5.41) is 0. The van der Waals surface area contributed by atoms with E-state index in [1.807, 2.05) is 17.0 Å². The molecule has 2 fully saturated rings. The monoisotopic (exact) mass is 259 g/mol. The van der Waals surface area contributed by atoms with Gasteiger partial charge in [-0.2, -0.15) is 0 Å². The number of piperazine rings is 1. The molecule has 0 aromatic carbocycles. The van der Waals surface area contributed by atoms with Gasteiger partial charge in [-0.25, -0.2) is 0 Å². The molecule has 0 aliphatic carbocycles. The number of amides is 1. The number of hydrogen-bond acceptors (Lipinski definition) is 3. The topological polar surface area (TPSA) is 36.4 Å². The second kappa shape index (κ2) is 5.29. The molecule has 2 unspecified atom stereocenters. The molecule has 0 bridgehead atoms. The number of piperidine rings is 1. The Bertz CT molecular complexity index is 448. The van der Waals surface area contributed by atoms with Crippen LogP contribution in [0.25, 0.3) is 0 Å². The standard InChI is InChI=1S/C15H21N3O/c1-12-10-17-8-3-2-6-14(17)11-18(12)15(19)13-5-4-7-16-9-13/h4-5,7,9,12,14H,2-3,6,8,10-11H2,1H3. The lowest BCUT2D eigenvalue weighted by atomic mass is 9.96. The van der Waals surface area contributed by atoms with E-state index in [0.717, 1.165) is 13.1 Å². The molecule has 0 spiro atoms. The quantitative estimate of drug-likeness (QED) is 0.771. The van der Waals surface area contributed by atoms with E-state index in [2.05, 4.69) is 16.8 Å². The van der Waals surface area contributed by atoms with Crippen LogP contribution in [0.3, 0.4) is 0 Å². The van der Waals surface area contributed by atoms with Gasteiger partial charge in [-0.05, 0) is 38.4 Å². The van der Waals surface area contributed by atoms with Crippen LogP contribution in [-0.4, -0.2) is 52.4 Å². The summed E-state index contributed by atoms with van der Waals surface area (Å²) < 4.78 is 0. The Hall–Kier alpha value is -1.42. The molecule has 4 heteroatoms. The first-order chi connectivity index (χ1) is 9.25. The minimum atomic E-state index is 0.130. The third-order valence-corrected chi connectivity index (χ3v) is 4.36. The van der Waals surface area contributed by atoms with E-state index in [-0.39, 0.29) is 5.91 Å². The molecule has 2 aliphatic heterocycles. The molecular weight excluding hydrogens is 238 g/mol. The molecule has 1 aromatic rings. The number of carbonyl (C=O) groups excluding carboxylic acids is 1. The number of fused-ring (bicyclic) bond motifs is 1. The Morgan fingerprint density at radius 3 is 3.05 bits per heavy atom. The number of rotatable bonds is 1. The zero-order valence-electron chi connectivity index (χ0n) is 11.5. The molecule has 19 heavy (non-hydrogen) atoms. The zero-order chi connectivity index (χ0) is 13.2. The summed E-state index contributed by atoms with van der Waals surface area (Å²) >= 11 is 0. The van der Waals surface area contributed by atoms with Gasteiger partial charge in [0.05, 0.1) is 5.56 Å². The summed E-state index contributed by atoms with van der Waals surface area (Å²) in [6.45, 7) is 5.23. The Morgan fingerprint density at radius 2 is 2.26 bits per heavy atom. The van der Waals surface area contributed by atoms with Crippen LogP contribution in [0.2, 0.25) is 0 Å². The number of pyridine rings is 1. The molecule has 0 saturated carbocycles. The van der Waals surface area contributed by atoms with Crippen LogP contribution in [-0.2, 0) is 0 Å². The Labute approximate surface area is 114 Å². The molecule has 0 N–H and O–H groups in total. The van der Waals surface area contributed by atoms with E-state index >= 15 is 0 Å². The van der Waals surface area contributed by atoms with Gasteiger partial charge in [-0.3, -0.25) is 14.7 Å². The molecule has 1 amide bonds. The van der Waals surface area contributed by atoms with Gasteiger partial charge in [-0.15, -0.1) is 0 Å². The fraction of sp³-hybridized carbons (Fsp3) is 0.600. The second-order valence-electron chi connectivity index (χ2n) is 5.69. The van der Waals surface area contributed by atoms with Gasteiger partial charge in [0.2, 0.25) is 0 Å². The molecule has 102 valence electrons. The molecule has 2 atom stereocenters. The van der Waals surface area contributed by atoms with Crippen LogP contribution >= 0.6 is 0 Å². The Morgan fingerprint density at radius 1 is 1.37 bits per heavy atom. The summed E-state index contributed by atoms with van der Waals surface area (Å²) in [6.07, 6.45) is 7.20. The van der Waals surface area contributed by atoms with E-state index in [9.17, 15) is 4.79 Å². The minimum absolute atomic E-state index is 0.130. The van der Waals surface area contributed by atoms with Crippen molar-refractivity contribution in [1.29, 1.82) is 0 Å². The molecule has 3 rings (SSSR count).